The average Bonchev–Trinajstić information content (AvgIpc) is 2.95. The van der Waals surface area contributed by atoms with Gasteiger partial charge in [0.05, 0.1) is 23.7 Å². The van der Waals surface area contributed by atoms with Crippen molar-refractivity contribution in [1.82, 2.24) is 10.6 Å². The molecule has 2 aromatic rings. The first-order valence-electron chi connectivity index (χ1n) is 14.7. The summed E-state index contributed by atoms with van der Waals surface area (Å²) in [6.45, 7) is 14.1. The molecule has 5 atom stereocenters. The van der Waals surface area contributed by atoms with Crippen LogP contribution in [0.3, 0.4) is 0 Å². The van der Waals surface area contributed by atoms with E-state index in [4.69, 9.17) is 0 Å². The van der Waals surface area contributed by atoms with Crippen LogP contribution in [-0.2, 0) is 32.1 Å². The van der Waals surface area contributed by atoms with E-state index in [0.29, 0.717) is 12.8 Å². The second-order valence-corrected chi connectivity index (χ2v) is 12.0. The lowest BCUT2D eigenvalue weighted by molar-refractivity contribution is -0.182. The maximum Gasteiger partial charge on any atom is 0.308 e. The lowest BCUT2D eigenvalue weighted by Crippen LogP contribution is -2.65. The van der Waals surface area contributed by atoms with Crippen LogP contribution in [0.15, 0.2) is 61.2 Å². The van der Waals surface area contributed by atoms with Crippen LogP contribution in [0.4, 0.5) is 0 Å². The number of carboxylic acid groups (broad SMARTS) is 2. The van der Waals surface area contributed by atoms with Gasteiger partial charge in [-0.2, -0.15) is 0 Å². The Balaban J connectivity index is 1.70. The van der Waals surface area contributed by atoms with Gasteiger partial charge >= 0.3 is 11.9 Å². The second-order valence-electron chi connectivity index (χ2n) is 12.0. The smallest absolute Gasteiger partial charge is 0.308 e. The van der Waals surface area contributed by atoms with Crippen LogP contribution in [0.2, 0.25) is 0 Å². The number of nitrogens with one attached hydrogen (secondary N) is 2. The fraction of sp³-hybridized carbons (Fsp3) is 0.471. The minimum Gasteiger partial charge on any atom is -0.481 e. The number of allylic oxidation sites excluding steroid dienone is 1. The standard InChI is InChI=1S/C34H44N2O6/c1-7-33(5,8-2)19-21-11-15-23(16-12-21)24-17-13-22(14-18-24)20-35-29(37)25-26(28(32(41)42)27(25)31(39)40)30(38)36-34(6,9-3)10-4/h7,11-18,25-28H,1,8-10,19-20H2,2-6H3,(H,35,37)(H,36,38)(H,39,40)(H,41,42). The molecule has 0 saturated heterocycles. The summed E-state index contributed by atoms with van der Waals surface area (Å²) in [6, 6.07) is 16.1. The van der Waals surface area contributed by atoms with Crippen LogP contribution in [-0.4, -0.2) is 39.5 Å². The Kier molecular flexibility index (Phi) is 10.4. The Morgan fingerprint density at radius 3 is 1.60 bits per heavy atom. The predicted molar refractivity (Wildman–Crippen MR) is 162 cm³/mol. The topological polar surface area (TPSA) is 133 Å². The molecule has 2 aromatic carbocycles. The van der Waals surface area contributed by atoms with Gasteiger partial charge in [-0.25, -0.2) is 0 Å². The van der Waals surface area contributed by atoms with Crippen molar-refractivity contribution in [3.63, 3.8) is 0 Å². The van der Waals surface area contributed by atoms with E-state index < -0.39 is 53.0 Å². The van der Waals surface area contributed by atoms with Gasteiger partial charge in [0.25, 0.3) is 0 Å². The highest BCUT2D eigenvalue weighted by molar-refractivity contribution is 5.99. The molecule has 3 rings (SSSR count). The summed E-state index contributed by atoms with van der Waals surface area (Å²) in [6.07, 6.45) is 5.15. The van der Waals surface area contributed by atoms with Crippen LogP contribution in [0.5, 0.6) is 0 Å². The number of amides is 2. The molecule has 4 N–H and O–H groups in total. The van der Waals surface area contributed by atoms with Crippen molar-refractivity contribution < 1.29 is 29.4 Å². The molecule has 1 fully saturated rings. The van der Waals surface area contributed by atoms with E-state index in [-0.39, 0.29) is 12.0 Å². The number of hydrogen-bond acceptors (Lipinski definition) is 4. The van der Waals surface area contributed by atoms with Crippen molar-refractivity contribution in [1.29, 1.82) is 0 Å². The lowest BCUT2D eigenvalue weighted by Gasteiger charge is -2.46. The van der Waals surface area contributed by atoms with Crippen LogP contribution in [0.25, 0.3) is 11.1 Å². The van der Waals surface area contributed by atoms with Gasteiger partial charge in [-0.15, -0.1) is 6.58 Å². The fourth-order valence-electron chi connectivity index (χ4n) is 5.57. The molecule has 0 radical (unpaired) electrons. The highest BCUT2D eigenvalue weighted by Crippen LogP contribution is 2.47. The fourth-order valence-corrected chi connectivity index (χ4v) is 5.57. The Bertz CT molecular complexity index is 1300. The van der Waals surface area contributed by atoms with E-state index in [9.17, 15) is 29.4 Å². The molecule has 0 aromatic heterocycles. The Labute approximate surface area is 248 Å². The molecule has 1 saturated carbocycles. The highest BCUT2D eigenvalue weighted by atomic mass is 16.4. The van der Waals surface area contributed by atoms with Crippen LogP contribution in [0.1, 0.15) is 65.0 Å². The van der Waals surface area contributed by atoms with E-state index in [1.807, 2.05) is 51.1 Å². The molecule has 2 amide bonds. The van der Waals surface area contributed by atoms with Crippen molar-refractivity contribution in [2.45, 2.75) is 72.4 Å². The molecule has 0 heterocycles. The predicted octanol–water partition coefficient (Wildman–Crippen LogP) is 5.46. The van der Waals surface area contributed by atoms with Crippen LogP contribution < -0.4 is 10.6 Å². The zero-order valence-electron chi connectivity index (χ0n) is 25.3. The molecule has 8 heteroatoms. The Morgan fingerprint density at radius 2 is 1.19 bits per heavy atom. The number of hydrogen-bond donors (Lipinski definition) is 4. The van der Waals surface area contributed by atoms with E-state index in [1.165, 1.54) is 5.56 Å². The van der Waals surface area contributed by atoms with Gasteiger partial charge in [-0.05, 0) is 60.3 Å². The minimum atomic E-state index is -1.49. The number of carbonyl (C=O) groups is 4. The molecular weight excluding hydrogens is 532 g/mol. The van der Waals surface area contributed by atoms with Crippen molar-refractivity contribution >= 4 is 23.8 Å². The monoisotopic (exact) mass is 576 g/mol. The third-order valence-corrected chi connectivity index (χ3v) is 9.33. The normalized spacial score (nSPS) is 21.4. The molecule has 42 heavy (non-hydrogen) atoms. The summed E-state index contributed by atoms with van der Waals surface area (Å²) in [5.74, 6) is -9.57. The summed E-state index contributed by atoms with van der Waals surface area (Å²) >= 11 is 0. The maximum atomic E-state index is 13.2. The zero-order chi connectivity index (χ0) is 31.2. The number of rotatable bonds is 14. The summed E-state index contributed by atoms with van der Waals surface area (Å²) in [4.78, 5) is 50.3. The lowest BCUT2D eigenvalue weighted by atomic mass is 9.55. The van der Waals surface area contributed by atoms with E-state index in [0.717, 1.165) is 29.5 Å². The number of benzene rings is 2. The summed E-state index contributed by atoms with van der Waals surface area (Å²) in [5.41, 5.74) is 3.58. The Morgan fingerprint density at radius 1 is 0.738 bits per heavy atom. The molecule has 0 aliphatic heterocycles. The largest absolute Gasteiger partial charge is 0.481 e. The van der Waals surface area contributed by atoms with Crippen LogP contribution in [0, 0.1) is 29.1 Å². The van der Waals surface area contributed by atoms with Gasteiger partial charge in [-0.1, -0.05) is 82.3 Å². The van der Waals surface area contributed by atoms with E-state index in [1.54, 1.807) is 0 Å². The van der Waals surface area contributed by atoms with Crippen molar-refractivity contribution in [2.24, 2.45) is 29.1 Å². The van der Waals surface area contributed by atoms with Gasteiger partial charge in [0.1, 0.15) is 0 Å². The van der Waals surface area contributed by atoms with Gasteiger partial charge in [0, 0.05) is 12.1 Å². The minimum absolute atomic E-state index is 0.0571. The third-order valence-electron chi connectivity index (χ3n) is 9.33. The molecular formula is C34H44N2O6. The molecule has 0 spiro atoms. The molecule has 1 aliphatic rings. The van der Waals surface area contributed by atoms with E-state index in [2.05, 4.69) is 55.3 Å². The Hall–Kier alpha value is -3.94. The zero-order valence-corrected chi connectivity index (χ0v) is 25.3. The van der Waals surface area contributed by atoms with Crippen molar-refractivity contribution in [2.75, 3.05) is 0 Å². The number of carboxylic acids is 2. The molecule has 8 nitrogen and oxygen atoms in total. The van der Waals surface area contributed by atoms with Crippen LogP contribution >= 0.6 is 0 Å². The SMILES string of the molecule is C=CC(C)(CC)Cc1ccc(-c2ccc(CNC(=O)C3C(C(=O)O)C(C(=O)O)C3C(=O)NC(C)(CC)CC)cc2)cc1. The quantitative estimate of drug-likeness (QED) is 0.221. The molecule has 1 aliphatic carbocycles. The molecule has 226 valence electrons. The first-order valence-corrected chi connectivity index (χ1v) is 14.7. The van der Waals surface area contributed by atoms with Gasteiger partial charge in [0.2, 0.25) is 11.8 Å². The summed E-state index contributed by atoms with van der Waals surface area (Å²) < 4.78 is 0. The molecule has 0 bridgehead atoms. The number of aliphatic carboxylic acids is 2. The first kappa shape index (κ1) is 32.6. The summed E-state index contributed by atoms with van der Waals surface area (Å²) in [5, 5.41) is 25.1. The third kappa shape index (κ3) is 7.09. The van der Waals surface area contributed by atoms with Crippen molar-refractivity contribution in [3.05, 3.63) is 72.3 Å². The van der Waals surface area contributed by atoms with E-state index >= 15 is 0 Å². The highest BCUT2D eigenvalue weighted by Gasteiger charge is 2.63. The maximum absolute atomic E-state index is 13.2. The van der Waals surface area contributed by atoms with Gasteiger partial charge in [-0.3, -0.25) is 19.2 Å². The van der Waals surface area contributed by atoms with Gasteiger partial charge < -0.3 is 20.8 Å². The number of carbonyl (C=O) groups excluding carboxylic acids is 2. The van der Waals surface area contributed by atoms with Crippen molar-refractivity contribution in [3.8, 4) is 11.1 Å². The second kappa shape index (κ2) is 13.4. The van der Waals surface area contributed by atoms with Gasteiger partial charge in [0.15, 0.2) is 0 Å². The average molecular weight is 577 g/mol. The summed E-state index contributed by atoms with van der Waals surface area (Å²) in [7, 11) is 0. The first-order chi connectivity index (χ1) is 19.8. The molecule has 5 unspecified atom stereocenters.